The van der Waals surface area contributed by atoms with Crippen LogP contribution in [0.15, 0.2) is 36.4 Å². The molecule has 0 saturated heterocycles. The predicted molar refractivity (Wildman–Crippen MR) is 122 cm³/mol. The Balaban J connectivity index is 2.02. The van der Waals surface area contributed by atoms with Gasteiger partial charge in [-0.25, -0.2) is 4.79 Å². The molecule has 12 nitrogen and oxygen atoms in total. The van der Waals surface area contributed by atoms with Crippen molar-refractivity contribution in [1.82, 2.24) is 5.32 Å². The fourth-order valence-corrected chi connectivity index (χ4v) is 3.02. The van der Waals surface area contributed by atoms with E-state index in [2.05, 4.69) is 10.6 Å². The quantitative estimate of drug-likeness (QED) is 0.304. The Hall–Kier alpha value is -4.06. The van der Waals surface area contributed by atoms with Gasteiger partial charge in [-0.2, -0.15) is 0 Å². The fraction of sp³-hybridized carbons (Fsp3) is 0.286. The van der Waals surface area contributed by atoms with Crippen LogP contribution in [0.5, 0.6) is 0 Å². The molecule has 34 heavy (non-hydrogen) atoms. The first-order valence-corrected chi connectivity index (χ1v) is 10.2. The highest BCUT2D eigenvalue weighted by Gasteiger charge is 2.28. The van der Waals surface area contributed by atoms with Crippen LogP contribution in [0.4, 0.5) is 17.1 Å². The van der Waals surface area contributed by atoms with Crippen molar-refractivity contribution in [1.29, 1.82) is 0 Å². The highest BCUT2D eigenvalue weighted by molar-refractivity contribution is 6.32. The van der Waals surface area contributed by atoms with E-state index in [-0.39, 0.29) is 16.3 Å². The van der Waals surface area contributed by atoms with Crippen LogP contribution in [0.3, 0.4) is 0 Å². The van der Waals surface area contributed by atoms with Gasteiger partial charge in [0.1, 0.15) is 11.1 Å². The minimum atomic E-state index is -1.14. The molecule has 0 spiro atoms. The molecule has 0 aliphatic rings. The van der Waals surface area contributed by atoms with E-state index in [1.54, 1.807) is 20.8 Å². The number of aryl methyl sites for hydroxylation is 1. The van der Waals surface area contributed by atoms with Crippen LogP contribution in [0.2, 0.25) is 5.02 Å². The molecule has 0 heterocycles. The second-order valence-corrected chi connectivity index (χ2v) is 7.94. The highest BCUT2D eigenvalue weighted by atomic mass is 35.5. The van der Waals surface area contributed by atoms with Crippen LogP contribution < -0.4 is 10.6 Å². The lowest BCUT2D eigenvalue weighted by atomic mass is 10.0. The first-order valence-electron chi connectivity index (χ1n) is 9.87. The Labute approximate surface area is 198 Å². The van der Waals surface area contributed by atoms with Gasteiger partial charge in [0.05, 0.1) is 9.85 Å². The molecule has 0 radical (unpaired) electrons. The van der Waals surface area contributed by atoms with Gasteiger partial charge < -0.3 is 15.4 Å². The number of nitrogens with one attached hydrogen (secondary N) is 2. The lowest BCUT2D eigenvalue weighted by Crippen LogP contribution is -2.46. The maximum atomic E-state index is 12.5. The molecule has 0 saturated carbocycles. The minimum Gasteiger partial charge on any atom is -0.454 e. The van der Waals surface area contributed by atoms with Crippen LogP contribution >= 0.6 is 11.6 Å². The summed E-state index contributed by atoms with van der Waals surface area (Å²) in [4.78, 5) is 57.7. The third-order valence-corrected chi connectivity index (χ3v) is 4.97. The number of hydrogen-bond acceptors (Lipinski definition) is 8. The normalized spacial score (nSPS) is 11.4. The minimum absolute atomic E-state index is 0.0825. The Morgan fingerprint density at radius 3 is 2.29 bits per heavy atom. The number of hydrogen-bond donors (Lipinski definition) is 2. The van der Waals surface area contributed by atoms with Crippen LogP contribution in [0, 0.1) is 33.1 Å². The van der Waals surface area contributed by atoms with Gasteiger partial charge in [0, 0.05) is 29.4 Å². The molecular formula is C21H21ClN4O8. The Bertz CT molecular complexity index is 1150. The van der Waals surface area contributed by atoms with Crippen LogP contribution in [-0.2, 0) is 14.3 Å². The number of anilines is 1. The molecule has 1 unspecified atom stereocenters. The van der Waals surface area contributed by atoms with Crippen molar-refractivity contribution in [3.63, 3.8) is 0 Å². The van der Waals surface area contributed by atoms with Gasteiger partial charge in [0.25, 0.3) is 23.2 Å². The van der Waals surface area contributed by atoms with Crippen molar-refractivity contribution in [2.75, 3.05) is 11.9 Å². The summed E-state index contributed by atoms with van der Waals surface area (Å²) in [6.07, 6.45) is 0. The van der Waals surface area contributed by atoms with E-state index in [4.69, 9.17) is 16.3 Å². The van der Waals surface area contributed by atoms with E-state index in [1.165, 1.54) is 30.3 Å². The fourth-order valence-electron chi connectivity index (χ4n) is 2.83. The standard InChI is InChI=1S/C21H21ClN4O8/c1-11(2)19(24-20(28)13-4-6-15(22)17(9-13)26(32)33)21(29)34-10-18(27)23-16-7-5-14(25(30)31)8-12(16)3/h4-9,11,19H,10H2,1-3H3,(H,23,27)(H,24,28). The molecule has 0 aliphatic carbocycles. The van der Waals surface area contributed by atoms with E-state index in [0.29, 0.717) is 11.3 Å². The monoisotopic (exact) mass is 492 g/mol. The number of benzene rings is 2. The van der Waals surface area contributed by atoms with E-state index in [9.17, 15) is 34.6 Å². The highest BCUT2D eigenvalue weighted by Crippen LogP contribution is 2.25. The number of nitrogens with zero attached hydrogens (tertiary/aromatic N) is 2. The molecule has 2 rings (SSSR count). The average Bonchev–Trinajstić information content (AvgIpc) is 2.76. The van der Waals surface area contributed by atoms with Crippen molar-refractivity contribution in [2.24, 2.45) is 5.92 Å². The van der Waals surface area contributed by atoms with Gasteiger partial charge >= 0.3 is 5.97 Å². The summed E-state index contributed by atoms with van der Waals surface area (Å²) in [5.41, 5.74) is 0.0727. The number of rotatable bonds is 9. The lowest BCUT2D eigenvalue weighted by Gasteiger charge is -2.21. The molecule has 0 bridgehead atoms. The summed E-state index contributed by atoms with van der Waals surface area (Å²) in [6, 6.07) is 6.18. The molecule has 2 amide bonds. The van der Waals surface area contributed by atoms with E-state index < -0.39 is 51.9 Å². The summed E-state index contributed by atoms with van der Waals surface area (Å²) >= 11 is 5.75. The topological polar surface area (TPSA) is 171 Å². The number of esters is 1. The number of carbonyl (C=O) groups is 3. The molecule has 2 aromatic rings. The smallest absolute Gasteiger partial charge is 0.329 e. The molecule has 0 fully saturated rings. The second-order valence-electron chi connectivity index (χ2n) is 7.53. The van der Waals surface area contributed by atoms with Gasteiger partial charge in [0.2, 0.25) is 0 Å². The maximum absolute atomic E-state index is 12.5. The Morgan fingerprint density at radius 2 is 1.74 bits per heavy atom. The van der Waals surface area contributed by atoms with Gasteiger partial charge in [0.15, 0.2) is 6.61 Å². The zero-order chi connectivity index (χ0) is 25.6. The lowest BCUT2D eigenvalue weighted by molar-refractivity contribution is -0.385. The van der Waals surface area contributed by atoms with Crippen LogP contribution in [0.25, 0.3) is 0 Å². The summed E-state index contributed by atoms with van der Waals surface area (Å²) in [5.74, 6) is -2.77. The molecule has 1 atom stereocenters. The molecule has 2 aromatic carbocycles. The number of non-ortho nitro benzene ring substituents is 1. The van der Waals surface area contributed by atoms with Crippen LogP contribution in [-0.4, -0.2) is 40.3 Å². The van der Waals surface area contributed by atoms with Crippen molar-refractivity contribution in [3.8, 4) is 0 Å². The molecule has 13 heteroatoms. The summed E-state index contributed by atoms with van der Waals surface area (Å²) in [5, 5.41) is 26.6. The van der Waals surface area contributed by atoms with Gasteiger partial charge in [-0.3, -0.25) is 29.8 Å². The van der Waals surface area contributed by atoms with Crippen molar-refractivity contribution < 1.29 is 29.0 Å². The Kier molecular flexibility index (Phi) is 8.62. The average molecular weight is 493 g/mol. The van der Waals surface area contributed by atoms with Gasteiger partial charge in [-0.1, -0.05) is 25.4 Å². The second kappa shape index (κ2) is 11.2. The molecule has 0 aromatic heterocycles. The van der Waals surface area contributed by atoms with Crippen LogP contribution in [0.1, 0.15) is 29.8 Å². The predicted octanol–water partition coefficient (Wildman–Crippen LogP) is 3.40. The number of amides is 2. The SMILES string of the molecule is Cc1cc([N+](=O)[O-])ccc1NC(=O)COC(=O)C(NC(=O)c1ccc(Cl)c([N+](=O)[O-])c1)C(C)C. The van der Waals surface area contributed by atoms with E-state index in [1.807, 2.05) is 0 Å². The number of carbonyl (C=O) groups excluding carboxylic acids is 3. The summed E-state index contributed by atoms with van der Waals surface area (Å²) < 4.78 is 5.02. The third-order valence-electron chi connectivity index (χ3n) is 4.65. The van der Waals surface area contributed by atoms with Crippen molar-refractivity contribution in [3.05, 3.63) is 72.8 Å². The number of nitro groups is 2. The first kappa shape index (κ1) is 26.2. The summed E-state index contributed by atoms with van der Waals surface area (Å²) in [6.45, 7) is 4.18. The molecule has 2 N–H and O–H groups in total. The zero-order valence-electron chi connectivity index (χ0n) is 18.4. The number of halogens is 1. The van der Waals surface area contributed by atoms with Crippen molar-refractivity contribution in [2.45, 2.75) is 26.8 Å². The van der Waals surface area contributed by atoms with E-state index >= 15 is 0 Å². The number of ether oxygens (including phenoxy) is 1. The largest absolute Gasteiger partial charge is 0.454 e. The van der Waals surface area contributed by atoms with Gasteiger partial charge in [-0.05, 0) is 36.6 Å². The maximum Gasteiger partial charge on any atom is 0.329 e. The first-order chi connectivity index (χ1) is 15.9. The van der Waals surface area contributed by atoms with E-state index in [0.717, 1.165) is 6.07 Å². The zero-order valence-corrected chi connectivity index (χ0v) is 19.1. The van der Waals surface area contributed by atoms with Crippen molar-refractivity contribution >= 4 is 46.4 Å². The third kappa shape index (κ3) is 6.72. The summed E-state index contributed by atoms with van der Waals surface area (Å²) in [7, 11) is 0. The molecule has 0 aliphatic heterocycles. The molecular weight excluding hydrogens is 472 g/mol. The van der Waals surface area contributed by atoms with Gasteiger partial charge in [-0.15, -0.1) is 0 Å². The Morgan fingerprint density at radius 1 is 1.06 bits per heavy atom. The number of nitro benzene ring substituents is 2. The molecule has 180 valence electrons.